The Morgan fingerprint density at radius 1 is 0.714 bits per heavy atom. The van der Waals surface area contributed by atoms with Crippen molar-refractivity contribution in [2.24, 2.45) is 17.8 Å². The molecule has 0 aliphatic heterocycles. The second-order valence-electron chi connectivity index (χ2n) is 11.8. The standard InChI is InChI=1S/C36H40F4O2/c1-3-5-6-7-23-8-11-25(12-9-23)27-15-14-26-20-24(10-13-28(26)21-27)22-42-32-19-17-30(34(38)36(32)40)29-16-18-31(41-4-2)35(39)33(29)37/h3,5,8-9,11-12,16-19,24,26-28H,4,6-7,10,13-15,20-22H2,1-2H3/b5-3+. The van der Waals surface area contributed by atoms with Gasteiger partial charge in [0, 0.05) is 11.1 Å². The molecule has 0 bridgehead atoms. The molecule has 0 saturated heterocycles. The molecule has 42 heavy (non-hydrogen) atoms. The number of hydrogen-bond acceptors (Lipinski definition) is 2. The topological polar surface area (TPSA) is 18.5 Å². The van der Waals surface area contributed by atoms with E-state index in [0.29, 0.717) is 24.4 Å². The molecular formula is C36H40F4O2. The predicted octanol–water partition coefficient (Wildman–Crippen LogP) is 10.2. The molecule has 4 unspecified atom stereocenters. The maximum atomic E-state index is 15.0. The zero-order valence-electron chi connectivity index (χ0n) is 24.5. The summed E-state index contributed by atoms with van der Waals surface area (Å²) in [5, 5.41) is 0. The van der Waals surface area contributed by atoms with Gasteiger partial charge in [0.2, 0.25) is 11.6 Å². The molecule has 0 heterocycles. The number of rotatable bonds is 10. The van der Waals surface area contributed by atoms with E-state index in [1.807, 2.05) is 0 Å². The highest BCUT2D eigenvalue weighted by Crippen LogP contribution is 2.48. The molecule has 2 saturated carbocycles. The molecule has 3 aromatic carbocycles. The predicted molar refractivity (Wildman–Crippen MR) is 159 cm³/mol. The van der Waals surface area contributed by atoms with Crippen LogP contribution in [-0.4, -0.2) is 13.2 Å². The van der Waals surface area contributed by atoms with E-state index < -0.39 is 23.3 Å². The second kappa shape index (κ2) is 13.8. The van der Waals surface area contributed by atoms with Crippen molar-refractivity contribution in [3.05, 3.63) is 95.1 Å². The van der Waals surface area contributed by atoms with Gasteiger partial charge in [0.1, 0.15) is 0 Å². The number of aryl methyl sites for hydroxylation is 1. The van der Waals surface area contributed by atoms with Gasteiger partial charge in [-0.1, -0.05) is 36.4 Å². The fourth-order valence-corrected chi connectivity index (χ4v) is 6.88. The Bertz CT molecular complexity index is 1380. The van der Waals surface area contributed by atoms with Gasteiger partial charge in [-0.2, -0.15) is 8.78 Å². The quantitative estimate of drug-likeness (QED) is 0.175. The van der Waals surface area contributed by atoms with Gasteiger partial charge in [-0.15, -0.1) is 0 Å². The Balaban J connectivity index is 1.16. The maximum absolute atomic E-state index is 15.0. The van der Waals surface area contributed by atoms with Gasteiger partial charge in [0.25, 0.3) is 0 Å². The SMILES string of the molecule is C/C=C/CCc1ccc(C2CCC3CC(COc4ccc(-c5ccc(OCC)c(F)c5F)c(F)c4F)CCC3C2)cc1. The van der Waals surface area contributed by atoms with Gasteiger partial charge in [-0.25, -0.2) is 8.78 Å². The summed E-state index contributed by atoms with van der Waals surface area (Å²) in [4.78, 5) is 0. The van der Waals surface area contributed by atoms with Crippen molar-refractivity contribution >= 4 is 0 Å². The van der Waals surface area contributed by atoms with Crippen molar-refractivity contribution in [2.45, 2.75) is 71.1 Å². The maximum Gasteiger partial charge on any atom is 0.201 e. The van der Waals surface area contributed by atoms with Crippen LogP contribution in [0.1, 0.15) is 75.8 Å². The molecule has 4 atom stereocenters. The molecule has 0 radical (unpaired) electrons. The number of allylic oxidation sites excluding steroid dienone is 2. The number of hydrogen-bond donors (Lipinski definition) is 0. The summed E-state index contributed by atoms with van der Waals surface area (Å²) in [6.07, 6.45) is 13.2. The second-order valence-corrected chi connectivity index (χ2v) is 11.8. The lowest BCUT2D eigenvalue weighted by Gasteiger charge is -2.42. The van der Waals surface area contributed by atoms with E-state index in [4.69, 9.17) is 9.47 Å². The molecule has 224 valence electrons. The van der Waals surface area contributed by atoms with Crippen molar-refractivity contribution in [1.82, 2.24) is 0 Å². The molecule has 0 spiro atoms. The highest BCUT2D eigenvalue weighted by Gasteiger charge is 2.36. The highest BCUT2D eigenvalue weighted by molar-refractivity contribution is 5.67. The van der Waals surface area contributed by atoms with Crippen LogP contribution < -0.4 is 9.47 Å². The summed E-state index contributed by atoms with van der Waals surface area (Å²) < 4.78 is 69.7. The Hall–Kier alpha value is -3.28. The van der Waals surface area contributed by atoms with Crippen molar-refractivity contribution in [3.63, 3.8) is 0 Å². The molecule has 5 rings (SSSR count). The molecule has 0 N–H and O–H groups in total. The molecule has 2 fully saturated rings. The fourth-order valence-electron chi connectivity index (χ4n) is 6.88. The molecule has 3 aromatic rings. The van der Waals surface area contributed by atoms with E-state index >= 15 is 0 Å². The van der Waals surface area contributed by atoms with E-state index in [2.05, 4.69) is 43.3 Å². The minimum atomic E-state index is -1.28. The molecule has 6 heteroatoms. The minimum Gasteiger partial charge on any atom is -0.491 e. The van der Waals surface area contributed by atoms with Crippen molar-refractivity contribution < 1.29 is 27.0 Å². The zero-order valence-corrected chi connectivity index (χ0v) is 24.5. The number of benzene rings is 3. The van der Waals surface area contributed by atoms with Crippen LogP contribution in [-0.2, 0) is 6.42 Å². The Labute approximate surface area is 246 Å². The Kier molecular flexibility index (Phi) is 9.91. The monoisotopic (exact) mass is 580 g/mol. The zero-order chi connectivity index (χ0) is 29.6. The van der Waals surface area contributed by atoms with Gasteiger partial charge < -0.3 is 9.47 Å². The number of halogens is 4. The summed E-state index contributed by atoms with van der Waals surface area (Å²) in [5.41, 5.74) is 2.10. The summed E-state index contributed by atoms with van der Waals surface area (Å²) >= 11 is 0. The third kappa shape index (κ3) is 6.68. The lowest BCUT2D eigenvalue weighted by atomic mass is 9.64. The largest absolute Gasteiger partial charge is 0.491 e. The first-order valence-corrected chi connectivity index (χ1v) is 15.3. The van der Waals surface area contributed by atoms with Gasteiger partial charge in [-0.05, 0) is 124 Å². The van der Waals surface area contributed by atoms with Gasteiger partial charge in [-0.3, -0.25) is 0 Å². The Morgan fingerprint density at radius 2 is 1.33 bits per heavy atom. The van der Waals surface area contributed by atoms with Crippen LogP contribution in [0.2, 0.25) is 0 Å². The molecule has 0 amide bonds. The summed E-state index contributed by atoms with van der Waals surface area (Å²) in [6, 6.07) is 14.1. The molecule has 0 aromatic heterocycles. The molecule has 2 nitrogen and oxygen atoms in total. The van der Waals surface area contributed by atoms with E-state index in [9.17, 15) is 17.6 Å². The fraction of sp³-hybridized carbons (Fsp3) is 0.444. The first-order valence-electron chi connectivity index (χ1n) is 15.3. The van der Waals surface area contributed by atoms with Gasteiger partial charge >= 0.3 is 0 Å². The van der Waals surface area contributed by atoms with Crippen molar-refractivity contribution in [2.75, 3.05) is 13.2 Å². The molecular weight excluding hydrogens is 540 g/mol. The highest BCUT2D eigenvalue weighted by atomic mass is 19.2. The number of ether oxygens (including phenoxy) is 2. The number of fused-ring (bicyclic) bond motifs is 1. The van der Waals surface area contributed by atoms with Crippen molar-refractivity contribution in [1.29, 1.82) is 0 Å². The lowest BCUT2D eigenvalue weighted by Crippen LogP contribution is -2.32. The Morgan fingerprint density at radius 3 is 1.98 bits per heavy atom. The van der Waals surface area contributed by atoms with Crippen LogP contribution in [0.25, 0.3) is 11.1 Å². The first-order chi connectivity index (χ1) is 20.4. The minimum absolute atomic E-state index is 0.153. The molecule has 2 aliphatic carbocycles. The van der Waals surface area contributed by atoms with Crippen LogP contribution in [0.3, 0.4) is 0 Å². The van der Waals surface area contributed by atoms with Crippen LogP contribution in [0, 0.1) is 41.0 Å². The summed E-state index contributed by atoms with van der Waals surface area (Å²) in [5.74, 6) is -3.24. The first kappa shape index (κ1) is 30.2. The lowest BCUT2D eigenvalue weighted by molar-refractivity contribution is 0.0902. The van der Waals surface area contributed by atoms with Crippen LogP contribution in [0.15, 0.2) is 60.7 Å². The van der Waals surface area contributed by atoms with Gasteiger partial charge in [0.15, 0.2) is 23.1 Å². The average molecular weight is 581 g/mol. The van der Waals surface area contributed by atoms with E-state index in [-0.39, 0.29) is 35.2 Å². The summed E-state index contributed by atoms with van der Waals surface area (Å²) in [7, 11) is 0. The third-order valence-corrected chi connectivity index (χ3v) is 9.17. The van der Waals surface area contributed by atoms with E-state index in [0.717, 1.165) is 32.1 Å². The smallest absolute Gasteiger partial charge is 0.201 e. The van der Waals surface area contributed by atoms with Crippen molar-refractivity contribution in [3.8, 4) is 22.6 Å². The third-order valence-electron chi connectivity index (χ3n) is 9.17. The molecule has 2 aliphatic rings. The van der Waals surface area contributed by atoms with Crippen LogP contribution in [0.5, 0.6) is 11.5 Å². The average Bonchev–Trinajstić information content (AvgIpc) is 3.01. The normalized spacial score (nSPS) is 22.2. The van der Waals surface area contributed by atoms with Crippen LogP contribution in [0.4, 0.5) is 17.6 Å². The van der Waals surface area contributed by atoms with E-state index in [1.165, 1.54) is 54.7 Å². The summed E-state index contributed by atoms with van der Waals surface area (Å²) in [6.45, 7) is 4.16. The van der Waals surface area contributed by atoms with Crippen LogP contribution >= 0.6 is 0 Å². The van der Waals surface area contributed by atoms with Gasteiger partial charge in [0.05, 0.1) is 13.2 Å². The van der Waals surface area contributed by atoms with E-state index in [1.54, 1.807) is 6.92 Å².